The molecule has 0 N–H and O–H groups in total. The van der Waals surface area contributed by atoms with E-state index in [4.69, 9.17) is 0 Å². The summed E-state index contributed by atoms with van der Waals surface area (Å²) in [6.45, 7) is 27.6. The Morgan fingerprint density at radius 1 is 0.536 bits per heavy atom. The van der Waals surface area contributed by atoms with Crippen LogP contribution in [0.1, 0.15) is 27.8 Å². The van der Waals surface area contributed by atoms with Gasteiger partial charge in [-0.25, -0.2) is 0 Å². The summed E-state index contributed by atoms with van der Waals surface area (Å²) in [7, 11) is -4.15. The molecule has 0 aromatic heterocycles. The maximum Gasteiger partial charge on any atom is 0.0510 e. The Morgan fingerprint density at radius 2 is 0.857 bits per heavy atom. The first-order valence-electron chi connectivity index (χ1n) is 10.8. The maximum atomic E-state index is 2.74. The second-order valence-corrected chi connectivity index (χ2v) is 53.0. The molecule has 0 unspecified atom stereocenters. The van der Waals surface area contributed by atoms with Gasteiger partial charge in [-0.15, -0.1) is 0 Å². The third-order valence-electron chi connectivity index (χ3n) is 7.31. The van der Waals surface area contributed by atoms with Crippen molar-refractivity contribution in [2.75, 3.05) is 0 Å². The average Bonchev–Trinajstić information content (AvgIpc) is 2.77. The monoisotopic (exact) mass is 440 g/mol. The lowest BCUT2D eigenvalue weighted by molar-refractivity contribution is 1.15. The highest BCUT2D eigenvalue weighted by molar-refractivity contribution is 7.89. The third-order valence-corrected chi connectivity index (χ3v) is 80.3. The van der Waals surface area contributed by atoms with Crippen LogP contribution in [-0.4, -0.2) is 29.4 Å². The van der Waals surface area contributed by atoms with Crippen molar-refractivity contribution in [2.24, 2.45) is 0 Å². The first kappa shape index (κ1) is 22.0. The first-order valence-corrected chi connectivity index (χ1v) is 26.4. The van der Waals surface area contributed by atoms with Gasteiger partial charge in [0, 0.05) is 22.8 Å². The van der Waals surface area contributed by atoms with Gasteiger partial charge in [0.1, 0.15) is 0 Å². The maximum absolute atomic E-state index is 2.74. The number of benzene rings is 2. The summed E-state index contributed by atoms with van der Waals surface area (Å²) in [5.74, 6) is 0. The van der Waals surface area contributed by atoms with Gasteiger partial charge in [0.25, 0.3) is 0 Å². The van der Waals surface area contributed by atoms with Crippen molar-refractivity contribution >= 4 is 29.4 Å². The van der Waals surface area contributed by atoms with Crippen molar-refractivity contribution < 1.29 is 0 Å². The van der Waals surface area contributed by atoms with Gasteiger partial charge in [-0.3, -0.25) is 0 Å². The van der Waals surface area contributed by atoms with Crippen LogP contribution in [0.25, 0.3) is 11.1 Å². The minimum Gasteiger partial charge on any atom is -0.0718 e. The van der Waals surface area contributed by atoms with E-state index in [1.54, 1.807) is 11.1 Å². The summed E-state index contributed by atoms with van der Waals surface area (Å²) in [6, 6.07) is 14.6. The van der Waals surface area contributed by atoms with Gasteiger partial charge in [-0.2, -0.15) is 0 Å². The lowest BCUT2D eigenvalue weighted by Crippen LogP contribution is -2.85. The number of rotatable bonds is 4. The fourth-order valence-electron chi connectivity index (χ4n) is 7.64. The van der Waals surface area contributed by atoms with Crippen molar-refractivity contribution in [1.82, 2.24) is 0 Å². The van der Waals surface area contributed by atoms with E-state index in [9.17, 15) is 0 Å². The summed E-state index contributed by atoms with van der Waals surface area (Å²) >= 11 is 0. The van der Waals surface area contributed by atoms with Gasteiger partial charge in [-0.05, 0) is 41.6 Å². The van der Waals surface area contributed by atoms with Crippen molar-refractivity contribution in [1.29, 1.82) is 0 Å². The zero-order valence-corrected chi connectivity index (χ0v) is 24.0. The Morgan fingerprint density at radius 3 is 1.14 bits per heavy atom. The highest BCUT2D eigenvalue weighted by Crippen LogP contribution is 2.56. The lowest BCUT2D eigenvalue weighted by Gasteiger charge is -2.61. The number of hydrogen-bond donors (Lipinski definition) is 0. The van der Waals surface area contributed by atoms with E-state index in [-0.39, 0.29) is 0 Å². The largest absolute Gasteiger partial charge is 0.0718 e. The van der Waals surface area contributed by atoms with Gasteiger partial charge in [0.05, 0.1) is 6.63 Å². The van der Waals surface area contributed by atoms with Crippen LogP contribution in [0.3, 0.4) is 0 Å². The summed E-state index contributed by atoms with van der Waals surface area (Å²) in [5, 5.41) is 0. The number of hydrogen-bond acceptors (Lipinski definition) is 0. The molecule has 0 amide bonds. The van der Waals surface area contributed by atoms with Crippen molar-refractivity contribution in [3.8, 4) is 11.1 Å². The Kier molecular flexibility index (Phi) is 5.23. The highest BCUT2D eigenvalue weighted by atomic mass is 29.9. The van der Waals surface area contributed by atoms with Gasteiger partial charge < -0.3 is 0 Å². The second kappa shape index (κ2) is 6.66. The second-order valence-electron chi connectivity index (χ2n) is 12.2. The normalized spacial score (nSPS) is 15.5. The van der Waals surface area contributed by atoms with Gasteiger partial charge in [0.15, 0.2) is 0 Å². The predicted molar refractivity (Wildman–Crippen MR) is 139 cm³/mol. The van der Waals surface area contributed by atoms with E-state index in [1.807, 2.05) is 0 Å². The molecule has 152 valence electrons. The molecular formula is C24H40Si4. The zero-order chi connectivity index (χ0) is 21.3. The minimum atomic E-state index is -1.60. The van der Waals surface area contributed by atoms with E-state index in [0.717, 1.165) is 0 Å². The summed E-state index contributed by atoms with van der Waals surface area (Å²) in [5.41, 5.74) is 10.0. The van der Waals surface area contributed by atoms with Gasteiger partial charge in [0.2, 0.25) is 0 Å². The van der Waals surface area contributed by atoms with Crippen LogP contribution >= 0.6 is 0 Å². The zero-order valence-electron chi connectivity index (χ0n) is 20.0. The quantitative estimate of drug-likeness (QED) is 0.428. The summed E-state index contributed by atoms with van der Waals surface area (Å²) in [4.78, 5) is 0. The molecule has 0 fully saturated rings. The molecule has 0 heterocycles. The fourth-order valence-corrected chi connectivity index (χ4v) is 110. The Balaban J connectivity index is 2.52. The molecule has 28 heavy (non-hydrogen) atoms. The Bertz CT molecular complexity index is 820. The van der Waals surface area contributed by atoms with Crippen LogP contribution in [0.4, 0.5) is 0 Å². The van der Waals surface area contributed by atoms with Gasteiger partial charge >= 0.3 is 0 Å². The van der Waals surface area contributed by atoms with E-state index >= 15 is 0 Å². The Hall–Kier alpha value is -0.692. The molecule has 0 spiro atoms. The molecule has 1 aliphatic rings. The van der Waals surface area contributed by atoms with Crippen molar-refractivity contribution in [2.45, 2.75) is 78.3 Å². The molecule has 0 saturated carbocycles. The average molecular weight is 441 g/mol. The fraction of sp³-hybridized carbons (Fsp3) is 0.500. The summed E-state index contributed by atoms with van der Waals surface area (Å²) < 4.78 is 0. The van der Waals surface area contributed by atoms with Crippen molar-refractivity contribution in [3.63, 3.8) is 0 Å². The Labute approximate surface area is 177 Å². The minimum absolute atomic E-state index is 0.710. The SMILES string of the molecule is Cc1ccc2c(c1)C([Si]([Si](C)(C)C)([Si](C)(C)C)[Si](C)(C)C)c1cc(C)ccc1-2. The van der Waals surface area contributed by atoms with Crippen LogP contribution in [0, 0.1) is 13.8 Å². The third kappa shape index (κ3) is 3.03. The van der Waals surface area contributed by atoms with Crippen LogP contribution in [0.2, 0.25) is 58.9 Å². The van der Waals surface area contributed by atoms with E-state index in [1.165, 1.54) is 22.3 Å². The molecule has 1 aliphatic carbocycles. The molecular weight excluding hydrogens is 401 g/mol. The van der Waals surface area contributed by atoms with Crippen LogP contribution in [-0.2, 0) is 0 Å². The van der Waals surface area contributed by atoms with Gasteiger partial charge in [-0.1, -0.05) is 106 Å². The van der Waals surface area contributed by atoms with Crippen LogP contribution in [0.5, 0.6) is 0 Å². The molecule has 0 saturated heterocycles. The molecule has 4 heteroatoms. The first-order chi connectivity index (χ1) is 12.6. The molecule has 2 aromatic rings. The molecule has 0 atom stereocenters. The highest BCUT2D eigenvalue weighted by Gasteiger charge is 2.66. The van der Waals surface area contributed by atoms with Crippen LogP contribution < -0.4 is 0 Å². The predicted octanol–water partition coefficient (Wildman–Crippen LogP) is 7.65. The van der Waals surface area contributed by atoms with Crippen molar-refractivity contribution in [3.05, 3.63) is 58.7 Å². The van der Waals surface area contributed by atoms with E-state index < -0.39 is 29.4 Å². The molecule has 0 bridgehead atoms. The molecule has 0 nitrogen and oxygen atoms in total. The smallest absolute Gasteiger partial charge is 0.0510 e. The molecule has 2 aromatic carbocycles. The standard InChI is InChI=1S/C24H40Si4/c1-18-12-14-20-21-15-13-19(2)17-23(21)24(22(20)16-18)28(25(3,4)5,26(6,7)8)27(9,10)11/h12-17,24H,1-11H3. The van der Waals surface area contributed by atoms with E-state index in [2.05, 4.69) is 109 Å². The molecule has 0 radical (unpaired) electrons. The van der Waals surface area contributed by atoms with E-state index in [0.29, 0.717) is 5.54 Å². The lowest BCUT2D eigenvalue weighted by atomic mass is 10.0. The summed E-state index contributed by atoms with van der Waals surface area (Å²) in [6.07, 6.45) is 0. The van der Waals surface area contributed by atoms with Crippen LogP contribution in [0.15, 0.2) is 36.4 Å². The topological polar surface area (TPSA) is 0 Å². The molecule has 3 rings (SSSR count). The number of fused-ring (bicyclic) bond motifs is 3. The number of aryl methyl sites for hydroxylation is 2. The molecule has 0 aliphatic heterocycles.